The van der Waals surface area contributed by atoms with Gasteiger partial charge in [-0.15, -0.1) is 0 Å². The summed E-state index contributed by atoms with van der Waals surface area (Å²) in [7, 11) is 0. The Morgan fingerprint density at radius 1 is 0.240 bits per heavy atom. The first-order chi connectivity index (χ1) is 37.2. The summed E-state index contributed by atoms with van der Waals surface area (Å²) in [4.78, 5) is 16.5. The van der Waals surface area contributed by atoms with Crippen LogP contribution >= 0.6 is 0 Å². The summed E-state index contributed by atoms with van der Waals surface area (Å²) in [6, 6.07) is 95.2. The van der Waals surface area contributed by atoms with E-state index in [1.54, 1.807) is 0 Å². The molecule has 0 atom stereocenters. The highest BCUT2D eigenvalue weighted by atomic mass is 15.2. The monoisotopic (exact) mass is 956 g/mol. The molecule has 0 amide bonds. The molecular weight excluding hydrogens is 913 g/mol. The first kappa shape index (κ1) is 42.5. The Bertz CT molecular complexity index is 4610. The number of nitrogens with zero attached hydrogens (tertiary/aromatic N) is 6. The SMILES string of the molecule is c1ccc(-c2ccc(-n3c4ccccc4c4ccccc43)c(-c3cccc(-c4nc(-c5cccc(-n6c7ccccc7c7ccccc76)c5)nc(-n5c6ccccc6c6cccc(-c7ccccc7)c65)n4)c3)c2)cc1. The Labute approximate surface area is 432 Å². The molecule has 0 aliphatic rings. The second-order valence-electron chi connectivity index (χ2n) is 19.2. The minimum Gasteiger partial charge on any atom is -0.309 e. The fourth-order valence-corrected chi connectivity index (χ4v) is 11.6. The van der Waals surface area contributed by atoms with Crippen LogP contribution in [0.15, 0.2) is 267 Å². The van der Waals surface area contributed by atoms with Gasteiger partial charge in [-0.05, 0) is 82.9 Å². The Kier molecular flexibility index (Phi) is 9.78. The van der Waals surface area contributed by atoms with Gasteiger partial charge in [-0.3, -0.25) is 4.57 Å². The average Bonchev–Trinajstić information content (AvgIpc) is 4.14. The number of hydrogen-bond donors (Lipinski definition) is 0. The van der Waals surface area contributed by atoms with Crippen LogP contribution in [0.1, 0.15) is 0 Å². The molecule has 75 heavy (non-hydrogen) atoms. The van der Waals surface area contributed by atoms with E-state index in [4.69, 9.17) is 15.0 Å². The van der Waals surface area contributed by atoms with Crippen LogP contribution in [0.4, 0.5) is 0 Å². The Morgan fingerprint density at radius 2 is 0.680 bits per heavy atom. The van der Waals surface area contributed by atoms with E-state index in [1.807, 2.05) is 0 Å². The minimum absolute atomic E-state index is 0.536. The zero-order valence-electron chi connectivity index (χ0n) is 40.6. The third kappa shape index (κ3) is 6.92. The maximum absolute atomic E-state index is 5.55. The van der Waals surface area contributed by atoms with Crippen molar-refractivity contribution < 1.29 is 0 Å². The lowest BCUT2D eigenvalue weighted by molar-refractivity contribution is 0.953. The van der Waals surface area contributed by atoms with Crippen molar-refractivity contribution >= 4 is 65.4 Å². The van der Waals surface area contributed by atoms with E-state index >= 15 is 0 Å². The number of fused-ring (bicyclic) bond motifs is 9. The van der Waals surface area contributed by atoms with Gasteiger partial charge in [0, 0.05) is 60.3 Å². The highest BCUT2D eigenvalue weighted by Gasteiger charge is 2.23. The van der Waals surface area contributed by atoms with Gasteiger partial charge in [0.15, 0.2) is 11.6 Å². The zero-order chi connectivity index (χ0) is 49.4. The van der Waals surface area contributed by atoms with E-state index in [9.17, 15) is 0 Å². The number of hydrogen-bond acceptors (Lipinski definition) is 3. The summed E-state index contributed by atoms with van der Waals surface area (Å²) in [5, 5.41) is 7.10. The van der Waals surface area contributed by atoms with E-state index < -0.39 is 0 Å². The first-order valence-electron chi connectivity index (χ1n) is 25.4. The van der Waals surface area contributed by atoms with Crippen LogP contribution in [0.3, 0.4) is 0 Å². The summed E-state index contributed by atoms with van der Waals surface area (Å²) in [6.45, 7) is 0. The van der Waals surface area contributed by atoms with Crippen molar-refractivity contribution in [3.8, 4) is 73.5 Å². The molecule has 0 spiro atoms. The van der Waals surface area contributed by atoms with Gasteiger partial charge in [0.1, 0.15) is 0 Å². The molecule has 6 nitrogen and oxygen atoms in total. The topological polar surface area (TPSA) is 53.5 Å². The van der Waals surface area contributed by atoms with Crippen molar-refractivity contribution in [2.24, 2.45) is 0 Å². The standard InChI is InChI=1S/C69H44N6/c1-3-20-45(21-4-1)47-40-41-65(74-62-37-14-9-30-55(62)56-31-10-15-38-63(56)74)59(44-47)48-24-17-25-49(42-48)67-70-68(50-26-18-27-51(43-50)73-60-35-12-7-28-53(60)54-29-8-13-36-61(54)73)72-69(71-67)75-64-39-16-11-32-57(64)58-34-19-33-52(66(58)75)46-22-5-2-6-23-46/h1-44H. The van der Waals surface area contributed by atoms with Gasteiger partial charge in [0.05, 0.1) is 38.8 Å². The molecule has 0 unspecified atom stereocenters. The number of para-hydroxylation sites is 6. The van der Waals surface area contributed by atoms with Crippen LogP contribution < -0.4 is 0 Å². The first-order valence-corrected chi connectivity index (χ1v) is 25.4. The Morgan fingerprint density at radius 3 is 1.28 bits per heavy atom. The molecule has 6 heteroatoms. The van der Waals surface area contributed by atoms with Gasteiger partial charge in [-0.25, -0.2) is 4.98 Å². The third-order valence-corrected chi connectivity index (χ3v) is 14.9. The van der Waals surface area contributed by atoms with Crippen LogP contribution in [0, 0.1) is 0 Å². The molecule has 0 saturated heterocycles. The maximum Gasteiger partial charge on any atom is 0.238 e. The quantitative estimate of drug-likeness (QED) is 0.152. The summed E-state index contributed by atoms with van der Waals surface area (Å²) >= 11 is 0. The summed E-state index contributed by atoms with van der Waals surface area (Å²) in [5.74, 6) is 1.68. The summed E-state index contributed by atoms with van der Waals surface area (Å²) in [5.41, 5.74) is 17.1. The van der Waals surface area contributed by atoms with Crippen LogP contribution in [0.2, 0.25) is 0 Å². The van der Waals surface area contributed by atoms with Gasteiger partial charge in [0.25, 0.3) is 0 Å². The van der Waals surface area contributed by atoms with Crippen LogP contribution in [-0.2, 0) is 0 Å². The molecule has 15 rings (SSSR count). The molecule has 15 aromatic rings. The average molecular weight is 957 g/mol. The lowest BCUT2D eigenvalue weighted by Crippen LogP contribution is -2.07. The Balaban J connectivity index is 0.980. The fraction of sp³-hybridized carbons (Fsp3) is 0. The zero-order valence-corrected chi connectivity index (χ0v) is 40.6. The molecule has 4 aromatic heterocycles. The van der Waals surface area contributed by atoms with E-state index in [0.717, 1.165) is 99.8 Å². The number of benzene rings is 11. The minimum atomic E-state index is 0.536. The highest BCUT2D eigenvalue weighted by molar-refractivity contribution is 6.14. The fourth-order valence-electron chi connectivity index (χ4n) is 11.6. The number of aromatic nitrogens is 6. The van der Waals surface area contributed by atoms with Crippen molar-refractivity contribution in [2.75, 3.05) is 0 Å². The molecule has 11 aromatic carbocycles. The van der Waals surface area contributed by atoms with Crippen molar-refractivity contribution in [3.05, 3.63) is 267 Å². The van der Waals surface area contributed by atoms with E-state index in [1.165, 1.54) is 21.5 Å². The third-order valence-electron chi connectivity index (χ3n) is 14.9. The molecule has 0 radical (unpaired) electrons. The van der Waals surface area contributed by atoms with Crippen LogP contribution in [0.25, 0.3) is 139 Å². The van der Waals surface area contributed by atoms with Crippen molar-refractivity contribution in [1.29, 1.82) is 0 Å². The molecule has 0 bridgehead atoms. The number of rotatable bonds is 8. The van der Waals surface area contributed by atoms with E-state index in [2.05, 4.69) is 281 Å². The summed E-state index contributed by atoms with van der Waals surface area (Å²) < 4.78 is 7.00. The molecule has 0 aliphatic heterocycles. The maximum atomic E-state index is 5.55. The van der Waals surface area contributed by atoms with Crippen molar-refractivity contribution in [2.45, 2.75) is 0 Å². The van der Waals surface area contributed by atoms with Gasteiger partial charge < -0.3 is 9.13 Å². The van der Waals surface area contributed by atoms with Gasteiger partial charge in [-0.1, -0.05) is 206 Å². The van der Waals surface area contributed by atoms with E-state index in [0.29, 0.717) is 17.6 Å². The van der Waals surface area contributed by atoms with Crippen molar-refractivity contribution in [3.63, 3.8) is 0 Å². The van der Waals surface area contributed by atoms with Crippen molar-refractivity contribution in [1.82, 2.24) is 28.7 Å². The largest absolute Gasteiger partial charge is 0.309 e. The smallest absolute Gasteiger partial charge is 0.238 e. The predicted molar refractivity (Wildman–Crippen MR) is 310 cm³/mol. The lowest BCUT2D eigenvalue weighted by Gasteiger charge is -2.17. The van der Waals surface area contributed by atoms with Crippen LogP contribution in [0.5, 0.6) is 0 Å². The predicted octanol–water partition coefficient (Wildman–Crippen LogP) is 17.5. The summed E-state index contributed by atoms with van der Waals surface area (Å²) in [6.07, 6.45) is 0. The molecular formula is C69H44N6. The molecule has 0 fully saturated rings. The van der Waals surface area contributed by atoms with E-state index in [-0.39, 0.29) is 0 Å². The van der Waals surface area contributed by atoms with Gasteiger partial charge >= 0.3 is 0 Å². The molecule has 350 valence electrons. The second kappa shape index (κ2) is 17.3. The Hall–Kier alpha value is -10.2. The highest BCUT2D eigenvalue weighted by Crippen LogP contribution is 2.42. The second-order valence-corrected chi connectivity index (χ2v) is 19.2. The normalized spacial score (nSPS) is 11.7. The van der Waals surface area contributed by atoms with Gasteiger partial charge in [-0.2, -0.15) is 9.97 Å². The molecule has 4 heterocycles. The molecule has 0 aliphatic carbocycles. The molecule has 0 N–H and O–H groups in total. The van der Waals surface area contributed by atoms with Gasteiger partial charge in [0.2, 0.25) is 5.95 Å². The lowest BCUT2D eigenvalue weighted by atomic mass is 9.96. The molecule has 0 saturated carbocycles. The van der Waals surface area contributed by atoms with Crippen LogP contribution in [-0.4, -0.2) is 28.7 Å².